The van der Waals surface area contributed by atoms with Gasteiger partial charge in [0.2, 0.25) is 0 Å². The standard InChI is InChI=1S/C26H26F2N6O2/c1-3-14-10-16(19-8-5-9-20(29-19)25-30-26(34-33-25)22(36)12-35)24-15(13(14)2)11-21(31-32-24)23-17(27)6-4-7-18(23)28/h4-9,11,13-14,16,22,35-36H,3,10,12H2,1-2H3,(H,30,33,34)/t13?,14?,16?,22-/m0/s1. The van der Waals surface area contributed by atoms with Crippen molar-refractivity contribution in [3.05, 3.63) is 76.9 Å². The molecule has 3 unspecified atom stereocenters. The van der Waals surface area contributed by atoms with Gasteiger partial charge in [0.15, 0.2) is 11.6 Å². The molecule has 3 N–H and O–H groups in total. The molecule has 4 aromatic rings. The number of nitrogens with zero attached hydrogens (tertiary/aromatic N) is 5. The van der Waals surface area contributed by atoms with Crippen LogP contribution < -0.4 is 0 Å². The second-order valence-corrected chi connectivity index (χ2v) is 9.10. The minimum atomic E-state index is -1.16. The van der Waals surface area contributed by atoms with Gasteiger partial charge >= 0.3 is 0 Å². The lowest BCUT2D eigenvalue weighted by molar-refractivity contribution is 0.0889. The van der Waals surface area contributed by atoms with Gasteiger partial charge in [0, 0.05) is 5.92 Å². The molecule has 1 aliphatic rings. The molecule has 0 radical (unpaired) electrons. The van der Waals surface area contributed by atoms with E-state index in [1.807, 2.05) is 12.1 Å². The Morgan fingerprint density at radius 2 is 1.81 bits per heavy atom. The van der Waals surface area contributed by atoms with Crippen molar-refractivity contribution in [2.45, 2.75) is 44.6 Å². The molecule has 5 rings (SSSR count). The first-order valence-corrected chi connectivity index (χ1v) is 11.9. The van der Waals surface area contributed by atoms with Crippen molar-refractivity contribution < 1.29 is 19.0 Å². The average molecular weight is 493 g/mol. The summed E-state index contributed by atoms with van der Waals surface area (Å²) in [4.78, 5) is 9.04. The Hall–Kier alpha value is -3.63. The van der Waals surface area contributed by atoms with Crippen molar-refractivity contribution in [3.63, 3.8) is 0 Å². The van der Waals surface area contributed by atoms with Crippen molar-refractivity contribution in [2.24, 2.45) is 5.92 Å². The molecule has 0 fully saturated rings. The van der Waals surface area contributed by atoms with Gasteiger partial charge in [-0.05, 0) is 54.2 Å². The number of hydrogen-bond acceptors (Lipinski definition) is 7. The molecule has 8 nitrogen and oxygen atoms in total. The van der Waals surface area contributed by atoms with Crippen LogP contribution in [0.5, 0.6) is 0 Å². The lowest BCUT2D eigenvalue weighted by atomic mass is 9.71. The third-order valence-electron chi connectivity index (χ3n) is 7.01. The predicted molar refractivity (Wildman–Crippen MR) is 128 cm³/mol. The van der Waals surface area contributed by atoms with Crippen LogP contribution in [0.1, 0.15) is 67.4 Å². The van der Waals surface area contributed by atoms with Crippen molar-refractivity contribution in [2.75, 3.05) is 6.61 Å². The summed E-state index contributed by atoms with van der Waals surface area (Å²) in [6.07, 6.45) is 0.563. The van der Waals surface area contributed by atoms with E-state index in [2.05, 4.69) is 39.2 Å². The van der Waals surface area contributed by atoms with Crippen molar-refractivity contribution in [3.8, 4) is 22.8 Å². The van der Waals surface area contributed by atoms with E-state index >= 15 is 0 Å². The fraction of sp³-hybridized carbons (Fsp3) is 0.346. The van der Waals surface area contributed by atoms with Crippen LogP contribution in [0.2, 0.25) is 0 Å². The van der Waals surface area contributed by atoms with Gasteiger partial charge in [-0.3, -0.25) is 5.10 Å². The quantitative estimate of drug-likeness (QED) is 0.367. The highest BCUT2D eigenvalue weighted by Crippen LogP contribution is 2.46. The lowest BCUT2D eigenvalue weighted by Crippen LogP contribution is -2.25. The Balaban J connectivity index is 1.56. The van der Waals surface area contributed by atoms with E-state index in [9.17, 15) is 13.9 Å². The topological polar surface area (TPSA) is 121 Å². The van der Waals surface area contributed by atoms with E-state index in [1.54, 1.807) is 12.1 Å². The van der Waals surface area contributed by atoms with Crippen LogP contribution in [0.25, 0.3) is 22.8 Å². The molecule has 3 heterocycles. The number of fused-ring (bicyclic) bond motifs is 1. The molecular weight excluding hydrogens is 466 g/mol. The number of aromatic nitrogens is 6. The van der Waals surface area contributed by atoms with Gasteiger partial charge in [0.05, 0.1) is 29.3 Å². The second kappa shape index (κ2) is 9.79. The Bertz CT molecular complexity index is 1370. The zero-order chi connectivity index (χ0) is 25.4. The summed E-state index contributed by atoms with van der Waals surface area (Å²) in [5.41, 5.74) is 2.90. The van der Waals surface area contributed by atoms with Crippen LogP contribution in [0, 0.1) is 17.6 Å². The maximum atomic E-state index is 14.5. The minimum absolute atomic E-state index is 0.129. The van der Waals surface area contributed by atoms with Gasteiger partial charge in [-0.15, -0.1) is 5.10 Å². The number of benzene rings is 1. The number of aliphatic hydroxyl groups excluding tert-OH is 2. The first-order chi connectivity index (χ1) is 17.4. The normalized spacial score (nSPS) is 20.2. The van der Waals surface area contributed by atoms with E-state index in [1.165, 1.54) is 18.2 Å². The highest BCUT2D eigenvalue weighted by Gasteiger charge is 2.35. The van der Waals surface area contributed by atoms with Crippen LogP contribution in [0.4, 0.5) is 8.78 Å². The molecule has 0 spiro atoms. The van der Waals surface area contributed by atoms with Crippen LogP contribution >= 0.6 is 0 Å². The summed E-state index contributed by atoms with van der Waals surface area (Å²) in [6.45, 7) is 3.76. The van der Waals surface area contributed by atoms with E-state index in [0.717, 1.165) is 29.8 Å². The summed E-state index contributed by atoms with van der Waals surface area (Å²) in [6, 6.07) is 11.0. The summed E-state index contributed by atoms with van der Waals surface area (Å²) < 4.78 is 28.9. The first-order valence-electron chi connectivity index (χ1n) is 11.9. The van der Waals surface area contributed by atoms with Crippen LogP contribution in [0.15, 0.2) is 42.5 Å². The molecule has 0 bridgehead atoms. The summed E-state index contributed by atoms with van der Waals surface area (Å²) in [5.74, 6) is -0.636. The monoisotopic (exact) mass is 492 g/mol. The first kappa shape index (κ1) is 24.1. The number of pyridine rings is 1. The van der Waals surface area contributed by atoms with Gasteiger partial charge < -0.3 is 10.2 Å². The molecule has 4 atom stereocenters. The predicted octanol–water partition coefficient (Wildman–Crippen LogP) is 4.29. The largest absolute Gasteiger partial charge is 0.393 e. The molecule has 186 valence electrons. The Kier molecular flexibility index (Phi) is 6.55. The molecule has 1 aliphatic carbocycles. The number of rotatable bonds is 6. The van der Waals surface area contributed by atoms with Crippen molar-refractivity contribution in [1.82, 2.24) is 30.4 Å². The zero-order valence-corrected chi connectivity index (χ0v) is 19.9. The summed E-state index contributed by atoms with van der Waals surface area (Å²) >= 11 is 0. The smallest absolute Gasteiger partial charge is 0.199 e. The molecule has 0 saturated heterocycles. The van der Waals surface area contributed by atoms with E-state index < -0.39 is 24.3 Å². The molecule has 0 amide bonds. The molecule has 1 aromatic carbocycles. The average Bonchev–Trinajstić information content (AvgIpc) is 3.39. The van der Waals surface area contributed by atoms with E-state index in [0.29, 0.717) is 17.4 Å². The fourth-order valence-electron chi connectivity index (χ4n) is 4.96. The van der Waals surface area contributed by atoms with Gasteiger partial charge in [0.1, 0.15) is 23.4 Å². The molecule has 36 heavy (non-hydrogen) atoms. The molecular formula is C26H26F2N6O2. The Morgan fingerprint density at radius 3 is 2.53 bits per heavy atom. The third-order valence-corrected chi connectivity index (χ3v) is 7.01. The molecule has 3 aromatic heterocycles. The summed E-state index contributed by atoms with van der Waals surface area (Å²) in [5, 5.41) is 34.4. The van der Waals surface area contributed by atoms with Crippen molar-refractivity contribution >= 4 is 0 Å². The van der Waals surface area contributed by atoms with Gasteiger partial charge in [0.25, 0.3) is 0 Å². The zero-order valence-electron chi connectivity index (χ0n) is 19.9. The van der Waals surface area contributed by atoms with E-state index in [-0.39, 0.29) is 28.9 Å². The fourth-order valence-corrected chi connectivity index (χ4v) is 4.96. The second-order valence-electron chi connectivity index (χ2n) is 9.10. The molecule has 10 heteroatoms. The van der Waals surface area contributed by atoms with Crippen LogP contribution in [0.3, 0.4) is 0 Å². The highest BCUT2D eigenvalue weighted by atomic mass is 19.1. The van der Waals surface area contributed by atoms with Crippen LogP contribution in [-0.4, -0.2) is 47.2 Å². The number of H-pyrrole nitrogens is 1. The number of hydrogen-bond donors (Lipinski definition) is 3. The number of aliphatic hydroxyl groups is 2. The Labute approximate surface area is 206 Å². The molecule has 0 aliphatic heterocycles. The van der Waals surface area contributed by atoms with Crippen molar-refractivity contribution in [1.29, 1.82) is 0 Å². The van der Waals surface area contributed by atoms with Gasteiger partial charge in [-0.2, -0.15) is 10.2 Å². The third kappa shape index (κ3) is 4.27. The van der Waals surface area contributed by atoms with Gasteiger partial charge in [-0.1, -0.05) is 32.4 Å². The minimum Gasteiger partial charge on any atom is -0.393 e. The molecule has 0 saturated carbocycles. The van der Waals surface area contributed by atoms with E-state index in [4.69, 9.17) is 10.1 Å². The number of nitrogens with one attached hydrogen (secondary N) is 1. The van der Waals surface area contributed by atoms with Crippen LogP contribution in [-0.2, 0) is 0 Å². The SMILES string of the molecule is CCC1CC(c2cccc(-c3n[nH]c([C@@H](O)CO)n3)n2)c2nnc(-c3c(F)cccc3F)cc2C1C. The summed E-state index contributed by atoms with van der Waals surface area (Å²) in [7, 11) is 0. The maximum absolute atomic E-state index is 14.5. The highest BCUT2D eigenvalue weighted by molar-refractivity contribution is 5.62. The van der Waals surface area contributed by atoms with Gasteiger partial charge in [-0.25, -0.2) is 18.7 Å². The Morgan fingerprint density at radius 1 is 1.06 bits per heavy atom. The maximum Gasteiger partial charge on any atom is 0.199 e. The number of halogens is 2. The number of aromatic amines is 1. The lowest BCUT2D eigenvalue weighted by Gasteiger charge is -2.35.